The van der Waals surface area contributed by atoms with Gasteiger partial charge < -0.3 is 19.9 Å². The van der Waals surface area contributed by atoms with Crippen LogP contribution >= 0.6 is 0 Å². The summed E-state index contributed by atoms with van der Waals surface area (Å²) in [5, 5.41) is 12.6. The average molecular weight is 426 g/mol. The minimum Gasteiger partial charge on any atom is -0.466 e. The summed E-state index contributed by atoms with van der Waals surface area (Å²) < 4.78 is 38.4. The van der Waals surface area contributed by atoms with Crippen LogP contribution in [0.5, 0.6) is 0 Å². The molecule has 0 spiro atoms. The molecule has 2 N–H and O–H groups in total. The molecule has 10 nitrogen and oxygen atoms in total. The van der Waals surface area contributed by atoms with Crippen molar-refractivity contribution < 1.29 is 41.6 Å². The third kappa shape index (κ3) is 11.9. The van der Waals surface area contributed by atoms with E-state index in [1.807, 2.05) is 0 Å². The quantitative estimate of drug-likeness (QED) is 0.225. The highest BCUT2D eigenvalue weighted by Crippen LogP contribution is 2.23. The molecule has 0 radical (unpaired) electrons. The summed E-state index contributed by atoms with van der Waals surface area (Å²) in [6.07, 6.45) is -0.886. The Morgan fingerprint density at radius 1 is 1.11 bits per heavy atom. The molecule has 0 saturated heterocycles. The number of hydrogen-bond donors (Lipinski definition) is 2. The average Bonchev–Trinajstić information content (AvgIpc) is 2.62. The molecular weight excluding hydrogens is 394 g/mol. The fourth-order valence-electron chi connectivity index (χ4n) is 1.81. The SMILES string of the molecule is CCC(=O)OCCCOC(=O)[C@H](O)C(C)(C)COS(=O)(=O)CCCNC(C)=O. The van der Waals surface area contributed by atoms with Crippen molar-refractivity contribution in [1.82, 2.24) is 5.32 Å². The highest BCUT2D eigenvalue weighted by atomic mass is 32.2. The lowest BCUT2D eigenvalue weighted by atomic mass is 9.88. The first-order chi connectivity index (χ1) is 12.9. The highest BCUT2D eigenvalue weighted by molar-refractivity contribution is 7.86. The first kappa shape index (κ1) is 26.3. The van der Waals surface area contributed by atoms with Crippen molar-refractivity contribution >= 4 is 28.0 Å². The number of aliphatic hydroxyl groups excluding tert-OH is 1. The lowest BCUT2D eigenvalue weighted by Crippen LogP contribution is -2.41. The summed E-state index contributed by atoms with van der Waals surface area (Å²) in [6.45, 7) is 5.75. The van der Waals surface area contributed by atoms with Crippen molar-refractivity contribution in [1.29, 1.82) is 0 Å². The maximum Gasteiger partial charge on any atom is 0.335 e. The Hall–Kier alpha value is -1.72. The Bertz CT molecular complexity index is 616. The molecular formula is C17H31NO9S. The molecule has 0 aliphatic rings. The van der Waals surface area contributed by atoms with Gasteiger partial charge in [0.25, 0.3) is 10.1 Å². The van der Waals surface area contributed by atoms with Gasteiger partial charge in [-0.25, -0.2) is 4.79 Å². The first-order valence-corrected chi connectivity index (χ1v) is 10.6. The monoisotopic (exact) mass is 425 g/mol. The number of carbonyl (C=O) groups excluding carboxylic acids is 3. The van der Waals surface area contributed by atoms with Gasteiger partial charge in [0.1, 0.15) is 0 Å². The van der Waals surface area contributed by atoms with Crippen molar-refractivity contribution in [3.05, 3.63) is 0 Å². The van der Waals surface area contributed by atoms with Crippen LogP contribution in [0.3, 0.4) is 0 Å². The number of rotatable bonds is 14. The van der Waals surface area contributed by atoms with Crippen molar-refractivity contribution in [2.75, 3.05) is 32.1 Å². The van der Waals surface area contributed by atoms with E-state index in [0.717, 1.165) is 0 Å². The number of nitrogens with one attached hydrogen (secondary N) is 1. The van der Waals surface area contributed by atoms with Crippen LogP contribution in [0.15, 0.2) is 0 Å². The van der Waals surface area contributed by atoms with Gasteiger partial charge >= 0.3 is 11.9 Å². The molecule has 11 heteroatoms. The number of carbonyl (C=O) groups is 3. The predicted octanol–water partition coefficient (Wildman–Crippen LogP) is 0.133. The summed E-state index contributed by atoms with van der Waals surface area (Å²) >= 11 is 0. The summed E-state index contributed by atoms with van der Waals surface area (Å²) in [5.74, 6) is -1.84. The van der Waals surface area contributed by atoms with Crippen LogP contribution in [0.4, 0.5) is 0 Å². The molecule has 0 aromatic rings. The van der Waals surface area contributed by atoms with Crippen LogP contribution in [0.1, 0.15) is 47.0 Å². The number of esters is 2. The minimum atomic E-state index is -3.87. The van der Waals surface area contributed by atoms with Crippen LogP contribution in [0.25, 0.3) is 0 Å². The maximum absolute atomic E-state index is 11.9. The second kappa shape index (κ2) is 12.7. The zero-order valence-corrected chi connectivity index (χ0v) is 17.7. The number of ether oxygens (including phenoxy) is 2. The zero-order chi connectivity index (χ0) is 21.8. The van der Waals surface area contributed by atoms with Crippen LogP contribution in [-0.2, 0) is 38.2 Å². The van der Waals surface area contributed by atoms with Gasteiger partial charge in [-0.1, -0.05) is 20.8 Å². The Morgan fingerprint density at radius 2 is 1.71 bits per heavy atom. The van der Waals surface area contributed by atoms with E-state index in [1.54, 1.807) is 6.92 Å². The van der Waals surface area contributed by atoms with Gasteiger partial charge in [-0.05, 0) is 6.42 Å². The number of aliphatic hydroxyl groups is 1. The third-order valence-electron chi connectivity index (χ3n) is 3.60. The maximum atomic E-state index is 11.9. The van der Waals surface area contributed by atoms with Crippen molar-refractivity contribution in [3.63, 3.8) is 0 Å². The van der Waals surface area contributed by atoms with Crippen LogP contribution in [0, 0.1) is 5.41 Å². The summed E-state index contributed by atoms with van der Waals surface area (Å²) in [5.41, 5.74) is -1.21. The summed E-state index contributed by atoms with van der Waals surface area (Å²) in [6, 6.07) is 0. The third-order valence-corrected chi connectivity index (χ3v) is 4.87. The lowest BCUT2D eigenvalue weighted by molar-refractivity contribution is -0.162. The molecule has 0 aliphatic carbocycles. The molecule has 0 aromatic heterocycles. The normalized spacial score (nSPS) is 12.9. The molecule has 0 fully saturated rings. The van der Waals surface area contributed by atoms with Crippen LogP contribution in [0.2, 0.25) is 0 Å². The fourth-order valence-corrected chi connectivity index (χ4v) is 2.91. The molecule has 1 atom stereocenters. The van der Waals surface area contributed by atoms with E-state index >= 15 is 0 Å². The largest absolute Gasteiger partial charge is 0.466 e. The topological polar surface area (TPSA) is 145 Å². The van der Waals surface area contributed by atoms with E-state index in [9.17, 15) is 27.9 Å². The van der Waals surface area contributed by atoms with Crippen molar-refractivity contribution in [3.8, 4) is 0 Å². The summed E-state index contributed by atoms with van der Waals surface area (Å²) in [4.78, 5) is 33.6. The van der Waals surface area contributed by atoms with Gasteiger partial charge in [-0.15, -0.1) is 0 Å². The van der Waals surface area contributed by atoms with Crippen molar-refractivity contribution in [2.24, 2.45) is 5.41 Å². The summed E-state index contributed by atoms with van der Waals surface area (Å²) in [7, 11) is -3.87. The molecule has 164 valence electrons. The van der Waals surface area contributed by atoms with Gasteiger partial charge in [0, 0.05) is 31.7 Å². The molecule has 0 aliphatic heterocycles. The molecule has 0 bridgehead atoms. The molecule has 0 rings (SSSR count). The minimum absolute atomic E-state index is 0.0503. The van der Waals surface area contributed by atoms with Crippen LogP contribution < -0.4 is 5.32 Å². The second-order valence-corrected chi connectivity index (χ2v) is 8.61. The Balaban J connectivity index is 4.30. The van der Waals surface area contributed by atoms with Gasteiger partial charge in [-0.2, -0.15) is 8.42 Å². The molecule has 0 heterocycles. The van der Waals surface area contributed by atoms with Gasteiger partial charge in [-0.3, -0.25) is 13.8 Å². The fraction of sp³-hybridized carbons (Fsp3) is 0.824. The van der Waals surface area contributed by atoms with Gasteiger partial charge in [0.2, 0.25) is 5.91 Å². The number of hydrogen-bond acceptors (Lipinski definition) is 9. The van der Waals surface area contributed by atoms with E-state index in [-0.39, 0.29) is 56.7 Å². The van der Waals surface area contributed by atoms with E-state index in [1.165, 1.54) is 20.8 Å². The Labute approximate surface area is 166 Å². The molecule has 28 heavy (non-hydrogen) atoms. The predicted molar refractivity (Wildman–Crippen MR) is 99.7 cm³/mol. The van der Waals surface area contributed by atoms with E-state index in [4.69, 9.17) is 13.7 Å². The van der Waals surface area contributed by atoms with Gasteiger partial charge in [0.15, 0.2) is 6.10 Å². The molecule has 0 saturated carbocycles. The number of amides is 1. The molecule has 0 aromatic carbocycles. The Kier molecular flexibility index (Phi) is 11.9. The molecule has 1 amide bonds. The zero-order valence-electron chi connectivity index (χ0n) is 16.9. The smallest absolute Gasteiger partial charge is 0.335 e. The first-order valence-electron chi connectivity index (χ1n) is 9.03. The highest BCUT2D eigenvalue weighted by Gasteiger charge is 2.36. The van der Waals surface area contributed by atoms with E-state index < -0.39 is 34.2 Å². The van der Waals surface area contributed by atoms with E-state index in [0.29, 0.717) is 0 Å². The van der Waals surface area contributed by atoms with Gasteiger partial charge in [0.05, 0.1) is 25.6 Å². The molecule has 0 unspecified atom stereocenters. The van der Waals surface area contributed by atoms with Crippen molar-refractivity contribution in [2.45, 2.75) is 53.1 Å². The standard InChI is InChI=1S/C17H31NO9S/c1-5-14(20)25-9-7-10-26-16(22)15(21)17(3,4)12-27-28(23,24)11-6-8-18-13(2)19/h15,21H,5-12H2,1-4H3,(H,18,19)/t15-/m0/s1. The van der Waals surface area contributed by atoms with E-state index in [2.05, 4.69) is 5.32 Å². The Morgan fingerprint density at radius 3 is 2.29 bits per heavy atom. The lowest BCUT2D eigenvalue weighted by Gasteiger charge is -2.28. The van der Waals surface area contributed by atoms with Crippen LogP contribution in [-0.4, -0.2) is 69.6 Å². The second-order valence-electron chi connectivity index (χ2n) is 6.85.